The number of sulfonamides is 1. The molecular weight excluding hydrogens is 458 g/mol. The summed E-state index contributed by atoms with van der Waals surface area (Å²) in [5, 5.41) is 4.81. The van der Waals surface area contributed by atoms with Gasteiger partial charge in [0.2, 0.25) is 5.91 Å². The average molecular weight is 482 g/mol. The molecule has 33 heavy (non-hydrogen) atoms. The van der Waals surface area contributed by atoms with Crippen molar-refractivity contribution >= 4 is 44.5 Å². The third-order valence-electron chi connectivity index (χ3n) is 6.19. The van der Waals surface area contributed by atoms with E-state index in [2.05, 4.69) is 16.1 Å². The Bertz CT molecular complexity index is 1380. The second-order valence-electron chi connectivity index (χ2n) is 8.30. The number of carbonyl (C=O) groups is 2. The molecule has 0 unspecified atom stereocenters. The van der Waals surface area contributed by atoms with Gasteiger partial charge in [-0.1, -0.05) is 6.07 Å². The van der Waals surface area contributed by atoms with Gasteiger partial charge in [0.25, 0.3) is 15.9 Å². The second-order valence-corrected chi connectivity index (χ2v) is 11.0. The van der Waals surface area contributed by atoms with Gasteiger partial charge < -0.3 is 10.2 Å². The van der Waals surface area contributed by atoms with Crippen LogP contribution in [0.25, 0.3) is 0 Å². The highest BCUT2D eigenvalue weighted by Gasteiger charge is 2.25. The molecule has 0 saturated carbocycles. The fraction of sp³-hybridized carbons (Fsp3) is 0.250. The smallest absolute Gasteiger partial charge is 0.261 e. The Labute approximate surface area is 196 Å². The van der Waals surface area contributed by atoms with Gasteiger partial charge in [-0.3, -0.25) is 14.3 Å². The molecule has 2 aliphatic heterocycles. The SMILES string of the molecule is Cc1c(NS(=O)(=O)c2ccc3c(c2)CCC(=O)N3)cccc1C(=O)N1CCc2sccc2C1. The first-order valence-corrected chi connectivity index (χ1v) is 13.1. The van der Waals surface area contributed by atoms with E-state index in [1.165, 1.54) is 16.5 Å². The summed E-state index contributed by atoms with van der Waals surface area (Å²) in [7, 11) is -3.87. The number of amides is 2. The lowest BCUT2D eigenvalue weighted by Gasteiger charge is -2.28. The molecule has 3 heterocycles. The number of benzene rings is 2. The highest BCUT2D eigenvalue weighted by atomic mass is 32.2. The first-order chi connectivity index (χ1) is 15.8. The standard InChI is InChI=1S/C24H23N3O4S2/c1-15-19(24(29)27-11-9-22-17(14-27)10-12-32-22)3-2-4-20(15)26-33(30,31)18-6-7-21-16(13-18)5-8-23(28)25-21/h2-4,6-7,10,12-13,26H,5,8-9,11,14H2,1H3,(H,25,28). The molecular formula is C24H23N3O4S2. The maximum atomic E-state index is 13.2. The molecule has 0 fully saturated rings. The molecule has 1 aromatic heterocycles. The van der Waals surface area contributed by atoms with Crippen molar-refractivity contribution in [2.75, 3.05) is 16.6 Å². The highest BCUT2D eigenvalue weighted by molar-refractivity contribution is 7.92. The summed E-state index contributed by atoms with van der Waals surface area (Å²) in [5.41, 5.74) is 4.06. The molecule has 5 rings (SSSR count). The van der Waals surface area contributed by atoms with Crippen molar-refractivity contribution in [2.24, 2.45) is 0 Å². The van der Waals surface area contributed by atoms with Gasteiger partial charge in [0.05, 0.1) is 10.6 Å². The molecule has 0 bridgehead atoms. The van der Waals surface area contributed by atoms with Crippen molar-refractivity contribution in [1.29, 1.82) is 0 Å². The van der Waals surface area contributed by atoms with Crippen LogP contribution in [0.1, 0.15) is 38.3 Å². The number of hydrogen-bond donors (Lipinski definition) is 2. The molecule has 2 N–H and O–H groups in total. The molecule has 2 aromatic carbocycles. The maximum absolute atomic E-state index is 13.2. The maximum Gasteiger partial charge on any atom is 0.261 e. The Morgan fingerprint density at radius 1 is 1.09 bits per heavy atom. The van der Waals surface area contributed by atoms with Gasteiger partial charge in [-0.15, -0.1) is 11.3 Å². The molecule has 170 valence electrons. The first-order valence-electron chi connectivity index (χ1n) is 10.7. The average Bonchev–Trinajstić information content (AvgIpc) is 3.27. The molecule has 0 atom stereocenters. The zero-order valence-electron chi connectivity index (χ0n) is 18.1. The van der Waals surface area contributed by atoms with Crippen LogP contribution in [0.2, 0.25) is 0 Å². The Hall–Kier alpha value is -3.17. The van der Waals surface area contributed by atoms with Gasteiger partial charge >= 0.3 is 0 Å². The van der Waals surface area contributed by atoms with E-state index < -0.39 is 10.0 Å². The lowest BCUT2D eigenvalue weighted by atomic mass is 10.0. The summed E-state index contributed by atoms with van der Waals surface area (Å²) in [6.45, 7) is 2.97. The quantitative estimate of drug-likeness (QED) is 0.590. The fourth-order valence-corrected chi connectivity index (χ4v) is 6.36. The molecule has 2 amide bonds. The van der Waals surface area contributed by atoms with E-state index in [4.69, 9.17) is 0 Å². The van der Waals surface area contributed by atoms with E-state index in [1.807, 2.05) is 10.3 Å². The predicted molar refractivity (Wildman–Crippen MR) is 128 cm³/mol. The molecule has 0 saturated heterocycles. The van der Waals surface area contributed by atoms with Crippen molar-refractivity contribution in [3.05, 3.63) is 75.0 Å². The number of nitrogens with zero attached hydrogens (tertiary/aromatic N) is 1. The Morgan fingerprint density at radius 2 is 1.94 bits per heavy atom. The number of hydrogen-bond acceptors (Lipinski definition) is 5. The van der Waals surface area contributed by atoms with Crippen LogP contribution in [0.5, 0.6) is 0 Å². The van der Waals surface area contributed by atoms with Crippen LogP contribution in [0, 0.1) is 6.92 Å². The summed E-state index contributed by atoms with van der Waals surface area (Å²) in [5.74, 6) is -0.174. The van der Waals surface area contributed by atoms with Crippen LogP contribution >= 0.6 is 11.3 Å². The monoisotopic (exact) mass is 481 g/mol. The molecule has 0 radical (unpaired) electrons. The van der Waals surface area contributed by atoms with Gasteiger partial charge in [-0.05, 0) is 78.2 Å². The minimum atomic E-state index is -3.87. The normalized spacial score (nSPS) is 15.4. The van der Waals surface area contributed by atoms with Crippen molar-refractivity contribution in [2.45, 2.75) is 37.6 Å². The van der Waals surface area contributed by atoms with Gasteiger partial charge in [0.1, 0.15) is 0 Å². The zero-order valence-corrected chi connectivity index (χ0v) is 19.7. The van der Waals surface area contributed by atoms with Crippen LogP contribution in [0.15, 0.2) is 52.7 Å². The first kappa shape index (κ1) is 21.7. The third kappa shape index (κ3) is 4.14. The lowest BCUT2D eigenvalue weighted by molar-refractivity contribution is -0.116. The third-order valence-corrected chi connectivity index (χ3v) is 8.57. The van der Waals surface area contributed by atoms with Crippen molar-refractivity contribution < 1.29 is 18.0 Å². The summed E-state index contributed by atoms with van der Waals surface area (Å²) in [6.07, 6.45) is 1.66. The number of carbonyl (C=O) groups excluding carboxylic acids is 2. The number of fused-ring (bicyclic) bond motifs is 2. The predicted octanol–water partition coefficient (Wildman–Crippen LogP) is 3.94. The van der Waals surface area contributed by atoms with E-state index in [9.17, 15) is 18.0 Å². The zero-order chi connectivity index (χ0) is 23.2. The molecule has 0 spiro atoms. The molecule has 2 aliphatic rings. The van der Waals surface area contributed by atoms with E-state index in [0.29, 0.717) is 48.4 Å². The molecule has 9 heteroatoms. The number of thiophene rings is 1. The van der Waals surface area contributed by atoms with Gasteiger partial charge in [0, 0.05) is 35.6 Å². The van der Waals surface area contributed by atoms with E-state index in [-0.39, 0.29) is 16.7 Å². The van der Waals surface area contributed by atoms with Gasteiger partial charge in [0.15, 0.2) is 0 Å². The fourth-order valence-electron chi connectivity index (χ4n) is 4.30. The van der Waals surface area contributed by atoms with Crippen LogP contribution < -0.4 is 10.0 Å². The van der Waals surface area contributed by atoms with Crippen LogP contribution in [-0.4, -0.2) is 31.7 Å². The van der Waals surface area contributed by atoms with Crippen LogP contribution in [0.3, 0.4) is 0 Å². The van der Waals surface area contributed by atoms with Crippen LogP contribution in [0.4, 0.5) is 11.4 Å². The van der Waals surface area contributed by atoms with E-state index >= 15 is 0 Å². The van der Waals surface area contributed by atoms with E-state index in [1.54, 1.807) is 48.6 Å². The minimum Gasteiger partial charge on any atom is -0.334 e. The molecule has 3 aromatic rings. The Balaban J connectivity index is 1.39. The lowest BCUT2D eigenvalue weighted by Crippen LogP contribution is -2.35. The topological polar surface area (TPSA) is 95.6 Å². The Kier molecular flexibility index (Phi) is 5.46. The molecule has 7 nitrogen and oxygen atoms in total. The number of rotatable bonds is 4. The van der Waals surface area contributed by atoms with Crippen molar-refractivity contribution in [1.82, 2.24) is 4.90 Å². The van der Waals surface area contributed by atoms with Crippen molar-refractivity contribution in [3.8, 4) is 0 Å². The number of nitrogens with one attached hydrogen (secondary N) is 2. The number of anilines is 2. The summed E-state index contributed by atoms with van der Waals surface area (Å²) >= 11 is 1.72. The van der Waals surface area contributed by atoms with E-state index in [0.717, 1.165) is 12.0 Å². The van der Waals surface area contributed by atoms with Gasteiger partial charge in [-0.2, -0.15) is 0 Å². The Morgan fingerprint density at radius 3 is 2.79 bits per heavy atom. The summed E-state index contributed by atoms with van der Waals surface area (Å²) in [4.78, 5) is 28.1. The van der Waals surface area contributed by atoms with Gasteiger partial charge in [-0.25, -0.2) is 8.42 Å². The highest BCUT2D eigenvalue weighted by Crippen LogP contribution is 2.29. The van der Waals surface area contributed by atoms with Crippen molar-refractivity contribution in [3.63, 3.8) is 0 Å². The van der Waals surface area contributed by atoms with Crippen LogP contribution in [-0.2, 0) is 34.2 Å². The minimum absolute atomic E-state index is 0.0720. The summed E-state index contributed by atoms with van der Waals surface area (Å²) in [6, 6.07) is 11.8. The molecule has 0 aliphatic carbocycles. The number of aryl methyl sites for hydroxylation is 1. The largest absolute Gasteiger partial charge is 0.334 e. The summed E-state index contributed by atoms with van der Waals surface area (Å²) < 4.78 is 28.8. The second kappa shape index (κ2) is 8.31.